The van der Waals surface area contributed by atoms with Gasteiger partial charge in [0.25, 0.3) is 5.22 Å². The molecule has 0 bridgehead atoms. The maximum Gasteiger partial charge on any atom is 0.262 e. The molecule has 0 radical (unpaired) electrons. The van der Waals surface area contributed by atoms with Crippen molar-refractivity contribution in [3.63, 3.8) is 0 Å². The lowest BCUT2D eigenvalue weighted by atomic mass is 10.2. The summed E-state index contributed by atoms with van der Waals surface area (Å²) in [5.74, 6) is 0. The maximum absolute atomic E-state index is 5.87. The molecule has 2 rings (SSSR count). The van der Waals surface area contributed by atoms with E-state index in [0.717, 1.165) is 16.3 Å². The Morgan fingerprint density at radius 3 is 2.94 bits per heavy atom. The molecule has 0 fully saturated rings. The molecule has 0 aliphatic carbocycles. The fourth-order valence-electron chi connectivity index (χ4n) is 1.30. The second-order valence-electron chi connectivity index (χ2n) is 3.54. The van der Waals surface area contributed by atoms with Crippen LogP contribution in [0.4, 0.5) is 0 Å². The van der Waals surface area contributed by atoms with Crippen LogP contribution in [0.5, 0.6) is 0 Å². The lowest BCUT2D eigenvalue weighted by Crippen LogP contribution is -2.07. The molecular formula is C11H13N3OS. The largest absolute Gasteiger partial charge is 0.439 e. The van der Waals surface area contributed by atoms with Crippen LogP contribution < -0.4 is 5.73 Å². The van der Waals surface area contributed by atoms with E-state index in [0.29, 0.717) is 5.22 Å². The van der Waals surface area contributed by atoms with Gasteiger partial charge in [0.15, 0.2) is 0 Å². The highest BCUT2D eigenvalue weighted by atomic mass is 32.2. The molecule has 0 amide bonds. The Bertz CT molecular complexity index is 482. The third-order valence-electron chi connectivity index (χ3n) is 2.07. The second-order valence-corrected chi connectivity index (χ2v) is 4.48. The molecule has 2 aromatic heterocycles. The number of hydrogen-bond acceptors (Lipinski definition) is 5. The third-order valence-corrected chi connectivity index (χ3v) is 2.97. The molecule has 0 unspecified atom stereocenters. The summed E-state index contributed by atoms with van der Waals surface area (Å²) in [7, 11) is 0. The average Bonchev–Trinajstić information content (AvgIpc) is 2.64. The van der Waals surface area contributed by atoms with Crippen molar-refractivity contribution in [1.29, 1.82) is 0 Å². The van der Waals surface area contributed by atoms with Crippen LogP contribution in [0.15, 0.2) is 39.3 Å². The van der Waals surface area contributed by atoms with Gasteiger partial charge in [-0.1, -0.05) is 6.07 Å². The highest BCUT2D eigenvalue weighted by Crippen LogP contribution is 2.29. The van der Waals surface area contributed by atoms with E-state index in [1.54, 1.807) is 12.5 Å². The van der Waals surface area contributed by atoms with Crippen LogP contribution in [-0.2, 0) is 0 Å². The minimum atomic E-state index is -0.0488. The van der Waals surface area contributed by atoms with Gasteiger partial charge in [-0.25, -0.2) is 9.97 Å². The Morgan fingerprint density at radius 1 is 1.50 bits per heavy atom. The van der Waals surface area contributed by atoms with E-state index in [4.69, 9.17) is 10.2 Å². The molecular weight excluding hydrogens is 222 g/mol. The molecule has 0 aliphatic rings. The van der Waals surface area contributed by atoms with E-state index >= 15 is 0 Å². The zero-order chi connectivity index (χ0) is 11.5. The van der Waals surface area contributed by atoms with Crippen molar-refractivity contribution in [2.75, 3.05) is 0 Å². The molecule has 2 N–H and O–H groups in total. The molecule has 5 heteroatoms. The van der Waals surface area contributed by atoms with Gasteiger partial charge in [0, 0.05) is 17.8 Å². The molecule has 2 heterocycles. The molecule has 1 atom stereocenters. The van der Waals surface area contributed by atoms with Crippen molar-refractivity contribution < 1.29 is 4.42 Å². The van der Waals surface area contributed by atoms with Gasteiger partial charge in [0.2, 0.25) is 0 Å². The first-order valence-electron chi connectivity index (χ1n) is 4.97. The van der Waals surface area contributed by atoms with E-state index in [1.807, 2.05) is 26.0 Å². The Labute approximate surface area is 98.3 Å². The summed E-state index contributed by atoms with van der Waals surface area (Å²) < 4.78 is 5.27. The van der Waals surface area contributed by atoms with Crippen LogP contribution in [0, 0.1) is 6.92 Å². The van der Waals surface area contributed by atoms with Crippen LogP contribution in [0.3, 0.4) is 0 Å². The minimum absolute atomic E-state index is 0.0488. The zero-order valence-corrected chi connectivity index (χ0v) is 9.99. The van der Waals surface area contributed by atoms with Gasteiger partial charge in [-0.3, -0.25) is 0 Å². The number of nitrogens with zero attached hydrogens (tertiary/aromatic N) is 2. The Kier molecular flexibility index (Phi) is 3.26. The summed E-state index contributed by atoms with van der Waals surface area (Å²) in [4.78, 5) is 8.51. The summed E-state index contributed by atoms with van der Waals surface area (Å²) in [6, 6.07) is 3.80. The molecule has 0 saturated heterocycles. The van der Waals surface area contributed by atoms with Crippen LogP contribution in [0.2, 0.25) is 0 Å². The van der Waals surface area contributed by atoms with Crippen molar-refractivity contribution in [3.05, 3.63) is 35.9 Å². The average molecular weight is 235 g/mol. The standard InChI is InChI=1S/C11H13N3OS/c1-7-6-15-11(14-7)16-10-9(8(2)12)4-3-5-13-10/h3-6,8H,12H2,1-2H3/t8-/m0/s1. The minimum Gasteiger partial charge on any atom is -0.439 e. The third kappa shape index (κ3) is 2.43. The van der Waals surface area contributed by atoms with Gasteiger partial charge in [-0.15, -0.1) is 0 Å². The van der Waals surface area contributed by atoms with Crippen molar-refractivity contribution >= 4 is 11.8 Å². The predicted octanol–water partition coefficient (Wildman–Crippen LogP) is 2.55. The number of aryl methyl sites for hydroxylation is 1. The summed E-state index contributed by atoms with van der Waals surface area (Å²) in [5, 5.41) is 1.44. The van der Waals surface area contributed by atoms with Crippen LogP contribution in [0.1, 0.15) is 24.2 Å². The Hall–Kier alpha value is -1.33. The van der Waals surface area contributed by atoms with Crippen molar-refractivity contribution in [2.24, 2.45) is 5.73 Å². The quantitative estimate of drug-likeness (QED) is 0.885. The Balaban J connectivity index is 2.27. The van der Waals surface area contributed by atoms with Crippen molar-refractivity contribution in [2.45, 2.75) is 30.1 Å². The van der Waals surface area contributed by atoms with Gasteiger partial charge in [-0.2, -0.15) is 0 Å². The van der Waals surface area contributed by atoms with E-state index in [-0.39, 0.29) is 6.04 Å². The smallest absolute Gasteiger partial charge is 0.262 e. The maximum atomic E-state index is 5.87. The van der Waals surface area contributed by atoms with E-state index < -0.39 is 0 Å². The SMILES string of the molecule is Cc1coc(Sc2ncccc2[C@H](C)N)n1. The first kappa shape index (κ1) is 11.2. The van der Waals surface area contributed by atoms with Crippen molar-refractivity contribution in [1.82, 2.24) is 9.97 Å². The fraction of sp³-hybridized carbons (Fsp3) is 0.273. The number of nitrogens with two attached hydrogens (primary N) is 1. The zero-order valence-electron chi connectivity index (χ0n) is 9.18. The normalized spacial score (nSPS) is 12.7. The van der Waals surface area contributed by atoms with Gasteiger partial charge in [-0.05, 0) is 31.7 Å². The van der Waals surface area contributed by atoms with Crippen LogP contribution in [0.25, 0.3) is 0 Å². The lowest BCUT2D eigenvalue weighted by molar-refractivity contribution is 0.453. The summed E-state index contributed by atoms with van der Waals surface area (Å²) >= 11 is 1.39. The monoisotopic (exact) mass is 235 g/mol. The summed E-state index contributed by atoms with van der Waals surface area (Å²) in [6.07, 6.45) is 3.36. The van der Waals surface area contributed by atoms with E-state index in [9.17, 15) is 0 Å². The first-order valence-corrected chi connectivity index (χ1v) is 5.79. The molecule has 2 aromatic rings. The lowest BCUT2D eigenvalue weighted by Gasteiger charge is -2.08. The topological polar surface area (TPSA) is 64.9 Å². The first-order chi connectivity index (χ1) is 7.66. The van der Waals surface area contributed by atoms with Gasteiger partial charge in [0.05, 0.1) is 5.69 Å². The summed E-state index contributed by atoms with van der Waals surface area (Å²) in [5.41, 5.74) is 7.73. The predicted molar refractivity (Wildman–Crippen MR) is 62.2 cm³/mol. The molecule has 4 nitrogen and oxygen atoms in total. The molecule has 84 valence electrons. The van der Waals surface area contributed by atoms with Crippen LogP contribution in [-0.4, -0.2) is 9.97 Å². The molecule has 0 spiro atoms. The highest BCUT2D eigenvalue weighted by Gasteiger charge is 2.11. The van der Waals surface area contributed by atoms with Crippen LogP contribution >= 0.6 is 11.8 Å². The summed E-state index contributed by atoms with van der Waals surface area (Å²) in [6.45, 7) is 3.82. The number of aromatic nitrogens is 2. The molecule has 0 saturated carbocycles. The van der Waals surface area contributed by atoms with Crippen molar-refractivity contribution in [3.8, 4) is 0 Å². The highest BCUT2D eigenvalue weighted by molar-refractivity contribution is 7.99. The van der Waals surface area contributed by atoms with Gasteiger partial charge < -0.3 is 10.2 Å². The number of oxazole rings is 1. The van der Waals surface area contributed by atoms with Gasteiger partial charge >= 0.3 is 0 Å². The van der Waals surface area contributed by atoms with Gasteiger partial charge in [0.1, 0.15) is 11.3 Å². The Morgan fingerprint density at radius 2 is 2.31 bits per heavy atom. The molecule has 0 aromatic carbocycles. The molecule has 16 heavy (non-hydrogen) atoms. The van der Waals surface area contributed by atoms with E-state index in [1.165, 1.54) is 11.8 Å². The number of pyridine rings is 1. The fourth-order valence-corrected chi connectivity index (χ4v) is 2.23. The number of hydrogen-bond donors (Lipinski definition) is 1. The second kappa shape index (κ2) is 4.67. The molecule has 0 aliphatic heterocycles. The number of rotatable bonds is 3. The van der Waals surface area contributed by atoms with E-state index in [2.05, 4.69) is 9.97 Å².